The summed E-state index contributed by atoms with van der Waals surface area (Å²) < 4.78 is 3.06. The molecule has 23 heavy (non-hydrogen) atoms. The Kier molecular flexibility index (Phi) is 4.16. The first-order valence-electron chi connectivity index (χ1n) is 6.94. The first kappa shape index (κ1) is 15.3. The second-order valence-corrected chi connectivity index (χ2v) is 5.97. The van der Waals surface area contributed by atoms with Crippen molar-refractivity contribution in [1.29, 1.82) is 0 Å². The van der Waals surface area contributed by atoms with Crippen molar-refractivity contribution in [2.24, 2.45) is 12.8 Å². The number of nitrogens with two attached hydrogens (primary N) is 1. The van der Waals surface area contributed by atoms with Gasteiger partial charge in [0.2, 0.25) is 5.91 Å². The summed E-state index contributed by atoms with van der Waals surface area (Å²) in [5.41, 5.74) is 6.93. The van der Waals surface area contributed by atoms with E-state index in [0.717, 1.165) is 17.3 Å². The number of hydrogen-bond acceptors (Lipinski definition) is 5. The third kappa shape index (κ3) is 3.11. The summed E-state index contributed by atoms with van der Waals surface area (Å²) in [7, 11) is 1.70. The van der Waals surface area contributed by atoms with Crippen molar-refractivity contribution in [1.82, 2.24) is 19.3 Å². The van der Waals surface area contributed by atoms with Gasteiger partial charge in [0.1, 0.15) is 5.52 Å². The molecule has 7 nitrogen and oxygen atoms in total. The lowest BCUT2D eigenvalue weighted by Crippen LogP contribution is -2.26. The molecule has 0 unspecified atom stereocenters. The molecule has 0 aliphatic heterocycles. The monoisotopic (exact) mass is 329 g/mol. The molecule has 0 spiro atoms. The summed E-state index contributed by atoms with van der Waals surface area (Å²) in [4.78, 5) is 28.3. The largest absolute Gasteiger partial charge is 0.369 e. The predicted molar refractivity (Wildman–Crippen MR) is 88.2 cm³/mol. The van der Waals surface area contributed by atoms with Gasteiger partial charge in [0.15, 0.2) is 10.7 Å². The summed E-state index contributed by atoms with van der Waals surface area (Å²) >= 11 is 1.15. The van der Waals surface area contributed by atoms with Gasteiger partial charge in [-0.25, -0.2) is 4.98 Å². The Balaban J connectivity index is 2.12. The van der Waals surface area contributed by atoms with Crippen molar-refractivity contribution >= 4 is 28.7 Å². The SMILES string of the molecule is Cn1ncc2nc(SCC(N)=O)n(Cc3ccccc3)c(=O)c21. The van der Waals surface area contributed by atoms with Crippen LogP contribution in [0.5, 0.6) is 0 Å². The highest BCUT2D eigenvalue weighted by molar-refractivity contribution is 7.99. The molecule has 1 aromatic carbocycles. The Morgan fingerprint density at radius 2 is 2.04 bits per heavy atom. The Hall–Kier alpha value is -2.61. The maximum absolute atomic E-state index is 12.8. The molecule has 0 saturated carbocycles. The number of primary amides is 1. The molecule has 0 fully saturated rings. The molecule has 8 heteroatoms. The molecule has 0 atom stereocenters. The molecule has 0 bridgehead atoms. The van der Waals surface area contributed by atoms with Gasteiger partial charge in [0, 0.05) is 7.05 Å². The van der Waals surface area contributed by atoms with E-state index in [4.69, 9.17) is 5.73 Å². The fourth-order valence-electron chi connectivity index (χ4n) is 2.29. The number of aryl methyl sites for hydroxylation is 1. The summed E-state index contributed by atoms with van der Waals surface area (Å²) in [6.45, 7) is 0.370. The summed E-state index contributed by atoms with van der Waals surface area (Å²) in [6, 6.07) is 9.60. The lowest BCUT2D eigenvalue weighted by Gasteiger charge is -2.11. The fourth-order valence-corrected chi connectivity index (χ4v) is 3.02. The van der Waals surface area contributed by atoms with Crippen LogP contribution in [0.1, 0.15) is 5.56 Å². The Labute approximate surface area is 136 Å². The van der Waals surface area contributed by atoms with Crippen LogP contribution in [-0.2, 0) is 18.4 Å². The van der Waals surface area contributed by atoms with Crippen LogP contribution in [0.25, 0.3) is 11.0 Å². The molecule has 0 radical (unpaired) electrons. The summed E-state index contributed by atoms with van der Waals surface area (Å²) in [5.74, 6) is -0.394. The van der Waals surface area contributed by atoms with E-state index in [2.05, 4.69) is 10.1 Å². The molecule has 3 rings (SSSR count). The molecule has 3 aromatic rings. The van der Waals surface area contributed by atoms with Gasteiger partial charge in [-0.1, -0.05) is 42.1 Å². The minimum atomic E-state index is -0.457. The highest BCUT2D eigenvalue weighted by atomic mass is 32.2. The van der Waals surface area contributed by atoms with Gasteiger partial charge in [0.25, 0.3) is 5.56 Å². The van der Waals surface area contributed by atoms with E-state index in [1.165, 1.54) is 10.9 Å². The zero-order chi connectivity index (χ0) is 16.4. The quantitative estimate of drug-likeness (QED) is 0.550. The van der Waals surface area contributed by atoms with Crippen molar-refractivity contribution < 1.29 is 4.79 Å². The van der Waals surface area contributed by atoms with Crippen LogP contribution < -0.4 is 11.3 Å². The topological polar surface area (TPSA) is 95.8 Å². The molecule has 0 aliphatic rings. The smallest absolute Gasteiger partial charge is 0.280 e. The lowest BCUT2D eigenvalue weighted by atomic mass is 10.2. The third-order valence-electron chi connectivity index (χ3n) is 3.34. The number of amides is 1. The van der Waals surface area contributed by atoms with Gasteiger partial charge in [-0.2, -0.15) is 5.10 Å². The molecule has 1 amide bonds. The van der Waals surface area contributed by atoms with Gasteiger partial charge in [-0.05, 0) is 5.56 Å². The highest BCUT2D eigenvalue weighted by Gasteiger charge is 2.15. The van der Waals surface area contributed by atoms with Gasteiger partial charge in [-0.3, -0.25) is 18.8 Å². The van der Waals surface area contributed by atoms with Gasteiger partial charge in [0.05, 0.1) is 18.5 Å². The summed E-state index contributed by atoms with van der Waals surface area (Å²) in [5, 5.41) is 4.54. The molecular weight excluding hydrogens is 314 g/mol. The van der Waals surface area contributed by atoms with Gasteiger partial charge >= 0.3 is 0 Å². The predicted octanol–water partition coefficient (Wildman–Crippen LogP) is 0.756. The van der Waals surface area contributed by atoms with E-state index in [9.17, 15) is 9.59 Å². The molecular formula is C15H15N5O2S. The van der Waals surface area contributed by atoms with E-state index < -0.39 is 5.91 Å². The highest BCUT2D eigenvalue weighted by Crippen LogP contribution is 2.18. The molecule has 2 aromatic heterocycles. The molecule has 118 valence electrons. The van der Waals surface area contributed by atoms with E-state index in [-0.39, 0.29) is 11.3 Å². The Bertz CT molecular complexity index is 917. The number of carbonyl (C=O) groups is 1. The number of carbonyl (C=O) groups excluding carboxylic acids is 1. The van der Waals surface area contributed by atoms with Gasteiger partial charge < -0.3 is 5.73 Å². The minimum absolute atomic E-state index is 0.0625. The summed E-state index contributed by atoms with van der Waals surface area (Å²) in [6.07, 6.45) is 1.54. The van der Waals surface area contributed by atoms with Crippen molar-refractivity contribution in [3.63, 3.8) is 0 Å². The number of benzene rings is 1. The molecule has 2 heterocycles. The van der Waals surface area contributed by atoms with Crippen LogP contribution in [0.2, 0.25) is 0 Å². The van der Waals surface area contributed by atoms with Crippen molar-refractivity contribution in [2.75, 3.05) is 5.75 Å². The maximum atomic E-state index is 12.8. The zero-order valence-corrected chi connectivity index (χ0v) is 13.3. The van der Waals surface area contributed by atoms with E-state index in [1.807, 2.05) is 30.3 Å². The first-order chi connectivity index (χ1) is 11.1. The van der Waals surface area contributed by atoms with Crippen LogP contribution in [0.4, 0.5) is 0 Å². The lowest BCUT2D eigenvalue weighted by molar-refractivity contribution is -0.115. The van der Waals surface area contributed by atoms with Crippen molar-refractivity contribution in [3.05, 3.63) is 52.4 Å². The average molecular weight is 329 g/mol. The van der Waals surface area contributed by atoms with Crippen LogP contribution >= 0.6 is 11.8 Å². The molecule has 0 saturated heterocycles. The van der Waals surface area contributed by atoms with Crippen molar-refractivity contribution in [3.8, 4) is 0 Å². The normalized spacial score (nSPS) is 11.0. The number of nitrogens with zero attached hydrogens (tertiary/aromatic N) is 4. The number of aromatic nitrogens is 4. The number of thioether (sulfide) groups is 1. The average Bonchev–Trinajstić information content (AvgIpc) is 2.90. The molecule has 0 aliphatic carbocycles. The number of fused-ring (bicyclic) bond motifs is 1. The van der Waals surface area contributed by atoms with Crippen LogP contribution in [0.3, 0.4) is 0 Å². The maximum Gasteiger partial charge on any atom is 0.280 e. The first-order valence-corrected chi connectivity index (χ1v) is 7.92. The second kappa shape index (κ2) is 6.25. The van der Waals surface area contributed by atoms with Crippen LogP contribution in [0, 0.1) is 0 Å². The second-order valence-electron chi connectivity index (χ2n) is 5.03. The van der Waals surface area contributed by atoms with E-state index in [1.54, 1.807) is 11.6 Å². The zero-order valence-electron chi connectivity index (χ0n) is 12.5. The number of hydrogen-bond donors (Lipinski definition) is 1. The molecule has 2 N–H and O–H groups in total. The van der Waals surface area contributed by atoms with E-state index in [0.29, 0.717) is 22.7 Å². The standard InChI is InChI=1S/C15H15N5O2S/c1-19-13-11(7-17-19)18-15(23-9-12(16)21)20(14(13)22)8-10-5-3-2-4-6-10/h2-7H,8-9H2,1H3,(H2,16,21). The fraction of sp³-hybridized carbons (Fsp3) is 0.200. The van der Waals surface area contributed by atoms with Crippen LogP contribution in [0.15, 0.2) is 46.5 Å². The number of rotatable bonds is 5. The van der Waals surface area contributed by atoms with Gasteiger partial charge in [-0.15, -0.1) is 0 Å². The third-order valence-corrected chi connectivity index (χ3v) is 4.34. The van der Waals surface area contributed by atoms with E-state index >= 15 is 0 Å². The minimum Gasteiger partial charge on any atom is -0.369 e. The Morgan fingerprint density at radius 3 is 2.74 bits per heavy atom. The van der Waals surface area contributed by atoms with Crippen molar-refractivity contribution in [2.45, 2.75) is 11.7 Å². The Morgan fingerprint density at radius 1 is 1.30 bits per heavy atom. The van der Waals surface area contributed by atoms with Crippen LogP contribution in [-0.4, -0.2) is 31.0 Å².